The fraction of sp³-hybridized carbons (Fsp3) is 0.176. The molecule has 0 aliphatic carbocycles. The fourth-order valence-electron chi connectivity index (χ4n) is 5.45. The quantitative estimate of drug-likeness (QED) is 0.180. The topological polar surface area (TPSA) is 102 Å². The third-order valence-electron chi connectivity index (χ3n) is 7.85. The molecule has 0 saturated heterocycles. The lowest BCUT2D eigenvalue weighted by Crippen LogP contribution is -2.31. The number of amides is 1. The predicted octanol–water partition coefficient (Wildman–Crippen LogP) is 6.46. The second-order valence-corrected chi connectivity index (χ2v) is 11.4. The van der Waals surface area contributed by atoms with Crippen LogP contribution >= 0.6 is 11.9 Å². The number of carbonyl (C=O) groups is 1. The normalized spacial score (nSPS) is 12.0. The lowest BCUT2D eigenvalue weighted by molar-refractivity contribution is 0.0964. The summed E-state index contributed by atoms with van der Waals surface area (Å²) in [4.78, 5) is 27.2. The number of carbonyl (C=O) groups excluding carboxylic acids is 1. The molecule has 0 aliphatic heterocycles. The van der Waals surface area contributed by atoms with Crippen LogP contribution in [0.2, 0.25) is 0 Å². The molecule has 1 N–H and O–H groups in total. The predicted molar refractivity (Wildman–Crippen MR) is 176 cm³/mol. The minimum atomic E-state index is -0.640. The Morgan fingerprint density at radius 2 is 1.67 bits per heavy atom. The molecule has 0 saturated carbocycles. The summed E-state index contributed by atoms with van der Waals surface area (Å²) in [6.45, 7) is 0.115. The summed E-state index contributed by atoms with van der Waals surface area (Å²) in [6, 6.07) is 19.9. The number of aromatic nitrogens is 3. The third kappa shape index (κ3) is 5.61. The molecular formula is C34H29F2N5O4S. The first-order chi connectivity index (χ1) is 22.2. The zero-order valence-corrected chi connectivity index (χ0v) is 26.2. The number of rotatable bonds is 9. The van der Waals surface area contributed by atoms with Gasteiger partial charge in [-0.1, -0.05) is 35.4 Å². The van der Waals surface area contributed by atoms with E-state index in [-0.39, 0.29) is 12.5 Å². The van der Waals surface area contributed by atoms with Gasteiger partial charge < -0.3 is 18.8 Å². The second kappa shape index (κ2) is 12.7. The highest BCUT2D eigenvalue weighted by Gasteiger charge is 2.25. The van der Waals surface area contributed by atoms with Gasteiger partial charge in [0.05, 0.1) is 23.2 Å². The number of nitrogens with one attached hydrogen (secondary N) is 1. The number of hydrogen-bond donors (Lipinski definition) is 1. The number of benzene rings is 4. The number of fused-ring (bicyclic) bond motifs is 2. The van der Waals surface area contributed by atoms with Gasteiger partial charge in [0.15, 0.2) is 0 Å². The molecule has 9 nitrogen and oxygen atoms in total. The lowest BCUT2D eigenvalue weighted by atomic mass is 9.97. The Morgan fingerprint density at radius 3 is 2.33 bits per heavy atom. The zero-order chi connectivity index (χ0) is 32.5. The van der Waals surface area contributed by atoms with Crippen LogP contribution in [0.25, 0.3) is 44.3 Å². The van der Waals surface area contributed by atoms with Crippen molar-refractivity contribution in [1.82, 2.24) is 20.3 Å². The highest BCUT2D eigenvalue weighted by Crippen LogP contribution is 2.42. The van der Waals surface area contributed by atoms with E-state index < -0.39 is 23.2 Å². The average Bonchev–Trinajstić information content (AvgIpc) is 3.45. The van der Waals surface area contributed by atoms with Gasteiger partial charge in [-0.2, -0.15) is 0 Å². The maximum Gasteiger partial charge on any atom is 0.278 e. The Morgan fingerprint density at radius 1 is 1.00 bits per heavy atom. The van der Waals surface area contributed by atoms with E-state index in [0.717, 1.165) is 11.3 Å². The maximum absolute atomic E-state index is 13.9. The van der Waals surface area contributed by atoms with Crippen molar-refractivity contribution in [2.24, 2.45) is 0 Å². The van der Waals surface area contributed by atoms with Gasteiger partial charge in [0.1, 0.15) is 34.5 Å². The van der Waals surface area contributed by atoms with Crippen molar-refractivity contribution in [3.05, 3.63) is 112 Å². The number of hydrogen-bond acceptors (Lipinski definition) is 8. The first kappa shape index (κ1) is 30.9. The fourth-order valence-corrected chi connectivity index (χ4v) is 5.80. The minimum absolute atomic E-state index is 0.115. The third-order valence-corrected chi connectivity index (χ3v) is 8.59. The lowest BCUT2D eigenvalue weighted by Gasteiger charge is -2.20. The van der Waals surface area contributed by atoms with Crippen molar-refractivity contribution in [2.45, 2.75) is 6.04 Å². The van der Waals surface area contributed by atoms with Crippen LogP contribution in [0.4, 0.5) is 14.5 Å². The summed E-state index contributed by atoms with van der Waals surface area (Å²) in [7, 11) is 4.94. The van der Waals surface area contributed by atoms with E-state index >= 15 is 0 Å². The average molecular weight is 642 g/mol. The van der Waals surface area contributed by atoms with Crippen molar-refractivity contribution in [2.75, 3.05) is 38.4 Å². The molecule has 6 aromatic rings. The Balaban J connectivity index is 1.56. The molecule has 4 aromatic carbocycles. The van der Waals surface area contributed by atoms with Crippen LogP contribution < -0.4 is 15.2 Å². The van der Waals surface area contributed by atoms with E-state index in [9.17, 15) is 18.4 Å². The van der Waals surface area contributed by atoms with Crippen molar-refractivity contribution in [3.8, 4) is 22.5 Å². The molecule has 0 fully saturated rings. The van der Waals surface area contributed by atoms with E-state index in [1.165, 1.54) is 55.1 Å². The maximum atomic E-state index is 13.9. The van der Waals surface area contributed by atoms with Crippen LogP contribution in [0.1, 0.15) is 22.0 Å². The SMILES string of the molecule is CNC(=O)c1c(-c2ccc(F)cc2)oc2cc(N(C)SC)c(-c3ccc4nnn(C(COC)c5ccc(F)cc5)c(=O)c4c3)cc12. The Labute approximate surface area is 266 Å². The van der Waals surface area contributed by atoms with Crippen LogP contribution in [0.3, 0.4) is 0 Å². The molecule has 234 valence electrons. The number of halogens is 2. The molecule has 2 heterocycles. The molecule has 2 aromatic heterocycles. The molecule has 1 amide bonds. The Kier molecular flexibility index (Phi) is 8.57. The monoisotopic (exact) mass is 641 g/mol. The smallest absolute Gasteiger partial charge is 0.278 e. The minimum Gasteiger partial charge on any atom is -0.455 e. The van der Waals surface area contributed by atoms with E-state index in [1.807, 2.05) is 35.8 Å². The van der Waals surface area contributed by atoms with Gasteiger partial charge in [0, 0.05) is 50.0 Å². The molecule has 1 unspecified atom stereocenters. The molecular weight excluding hydrogens is 612 g/mol. The molecule has 46 heavy (non-hydrogen) atoms. The van der Waals surface area contributed by atoms with Gasteiger partial charge in [-0.25, -0.2) is 13.5 Å². The summed E-state index contributed by atoms with van der Waals surface area (Å²) < 4.78 is 42.2. The Hall–Kier alpha value is -5.07. The van der Waals surface area contributed by atoms with Gasteiger partial charge in [0.2, 0.25) is 0 Å². The van der Waals surface area contributed by atoms with Crippen molar-refractivity contribution >= 4 is 45.4 Å². The number of methoxy groups -OCH3 is 1. The Bertz CT molecular complexity index is 2130. The van der Waals surface area contributed by atoms with Crippen molar-refractivity contribution in [3.63, 3.8) is 0 Å². The number of furan rings is 1. The summed E-state index contributed by atoms with van der Waals surface area (Å²) >= 11 is 1.47. The van der Waals surface area contributed by atoms with Crippen LogP contribution in [0.15, 0.2) is 88.1 Å². The van der Waals surface area contributed by atoms with Crippen LogP contribution in [0, 0.1) is 11.6 Å². The highest BCUT2D eigenvalue weighted by molar-refractivity contribution is 7.99. The number of nitrogens with zero attached hydrogens (tertiary/aromatic N) is 4. The molecule has 0 radical (unpaired) electrons. The van der Waals surface area contributed by atoms with E-state index in [2.05, 4.69) is 15.6 Å². The summed E-state index contributed by atoms with van der Waals surface area (Å²) in [5.74, 6) is -0.854. The highest BCUT2D eigenvalue weighted by atomic mass is 32.2. The van der Waals surface area contributed by atoms with E-state index in [0.29, 0.717) is 49.9 Å². The molecule has 0 spiro atoms. The van der Waals surface area contributed by atoms with Crippen LogP contribution in [-0.4, -0.2) is 55.0 Å². The molecule has 0 aliphatic rings. The second-order valence-electron chi connectivity index (χ2n) is 10.5. The van der Waals surface area contributed by atoms with Gasteiger partial charge in [0.25, 0.3) is 11.5 Å². The number of ether oxygens (including phenoxy) is 1. The van der Waals surface area contributed by atoms with Gasteiger partial charge in [-0.05, 0) is 65.7 Å². The molecule has 6 rings (SSSR count). The number of anilines is 1. The summed E-state index contributed by atoms with van der Waals surface area (Å²) in [5, 5.41) is 12.1. The standard InChI is InChI=1S/C34H29F2N5O4S/c1-37-33(42)31-26-16-24(28(40(2)46-4)17-30(26)45-32(31)20-7-12-23(36)13-8-20)21-9-14-27-25(15-21)34(43)41(39-38-27)29(18-44-3)19-5-10-22(35)11-6-19/h5-17,29H,18H2,1-4H3,(H,37,42). The molecule has 0 bridgehead atoms. The van der Waals surface area contributed by atoms with Gasteiger partial charge in [-0.15, -0.1) is 5.10 Å². The first-order valence-corrected chi connectivity index (χ1v) is 15.4. The molecule has 1 atom stereocenters. The van der Waals surface area contributed by atoms with E-state index in [4.69, 9.17) is 9.15 Å². The van der Waals surface area contributed by atoms with Crippen molar-refractivity contribution < 1.29 is 22.7 Å². The van der Waals surface area contributed by atoms with E-state index in [1.54, 1.807) is 36.4 Å². The van der Waals surface area contributed by atoms with Gasteiger partial charge in [-0.3, -0.25) is 9.59 Å². The van der Waals surface area contributed by atoms with Crippen molar-refractivity contribution in [1.29, 1.82) is 0 Å². The van der Waals surface area contributed by atoms with Crippen LogP contribution in [-0.2, 0) is 4.74 Å². The zero-order valence-electron chi connectivity index (χ0n) is 25.4. The van der Waals surface area contributed by atoms with Crippen LogP contribution in [0.5, 0.6) is 0 Å². The first-order valence-electron chi connectivity index (χ1n) is 14.2. The summed E-state index contributed by atoms with van der Waals surface area (Å²) in [6.07, 6.45) is 1.93. The van der Waals surface area contributed by atoms with Gasteiger partial charge >= 0.3 is 0 Å². The molecule has 12 heteroatoms. The summed E-state index contributed by atoms with van der Waals surface area (Å²) in [5.41, 5.74) is 4.16. The largest absolute Gasteiger partial charge is 0.455 e.